The molecule has 2 heteroatoms. The van der Waals surface area contributed by atoms with Gasteiger partial charge in [0.25, 0.3) is 0 Å². The number of hydrogen-bond acceptors (Lipinski definition) is 2. The summed E-state index contributed by atoms with van der Waals surface area (Å²) in [5, 5.41) is 0. The van der Waals surface area contributed by atoms with Gasteiger partial charge in [-0.05, 0) is 35.4 Å². The van der Waals surface area contributed by atoms with Crippen LogP contribution in [0.15, 0.2) is 78.9 Å². The third-order valence-electron chi connectivity index (χ3n) is 2.99. The second kappa shape index (κ2) is 8.42. The predicted octanol–water partition coefficient (Wildman–Crippen LogP) is 4.55. The molecule has 0 bridgehead atoms. The van der Waals surface area contributed by atoms with Crippen LogP contribution in [0.5, 0.6) is 5.75 Å². The molecular weight excluding hydrogens is 272 g/mol. The summed E-state index contributed by atoms with van der Waals surface area (Å²) in [7, 11) is 1.62. The van der Waals surface area contributed by atoms with Crippen LogP contribution in [0.3, 0.4) is 0 Å². The number of hydrogen-bond donors (Lipinski definition) is 0. The van der Waals surface area contributed by atoms with Crippen LogP contribution in [0.1, 0.15) is 11.1 Å². The summed E-state index contributed by atoms with van der Waals surface area (Å²) in [5.74, 6) is 0.719. The minimum absolute atomic E-state index is 0.0551. The quantitative estimate of drug-likeness (QED) is 0.576. The molecule has 0 aliphatic heterocycles. The molecule has 2 aromatic rings. The Bertz CT molecular complexity index is 695. The molecule has 0 spiro atoms. The maximum Gasteiger partial charge on any atom is 0.178 e. The monoisotopic (exact) mass is 290 g/mol. The number of allylic oxidation sites excluding steroid dienone is 4. The van der Waals surface area contributed by atoms with Crippen molar-refractivity contribution in [3.63, 3.8) is 0 Å². The van der Waals surface area contributed by atoms with Gasteiger partial charge in [-0.3, -0.25) is 4.79 Å². The van der Waals surface area contributed by atoms with Gasteiger partial charge < -0.3 is 4.74 Å². The van der Waals surface area contributed by atoms with Crippen LogP contribution in [0.25, 0.3) is 12.2 Å². The largest absolute Gasteiger partial charge is 0.497 e. The Morgan fingerprint density at radius 1 is 0.864 bits per heavy atom. The van der Waals surface area contributed by atoms with E-state index in [0.29, 0.717) is 0 Å². The van der Waals surface area contributed by atoms with Gasteiger partial charge in [0, 0.05) is 0 Å². The Kier molecular flexibility index (Phi) is 5.94. The summed E-state index contributed by atoms with van der Waals surface area (Å²) in [6.07, 6.45) is 10.4. The summed E-state index contributed by atoms with van der Waals surface area (Å²) < 4.78 is 5.14. The van der Waals surface area contributed by atoms with Crippen LogP contribution < -0.4 is 4.74 Å². The van der Waals surface area contributed by atoms with E-state index in [-0.39, 0.29) is 5.78 Å². The van der Waals surface area contributed by atoms with Crippen molar-refractivity contribution in [1.82, 2.24) is 0 Å². The minimum atomic E-state index is -0.0551. The molecule has 0 aromatic heterocycles. The number of methoxy groups -OCH3 is 1. The Hall–Kier alpha value is -2.87. The number of benzene rings is 2. The lowest BCUT2D eigenvalue weighted by atomic mass is 10.2. The van der Waals surface area contributed by atoms with Crippen molar-refractivity contribution in [2.45, 2.75) is 0 Å². The molecule has 0 saturated heterocycles. The number of carbonyl (C=O) groups excluding carboxylic acids is 1. The molecule has 110 valence electrons. The van der Waals surface area contributed by atoms with E-state index >= 15 is 0 Å². The molecule has 2 aromatic carbocycles. The fraction of sp³-hybridized carbons (Fsp3) is 0.0500. The van der Waals surface area contributed by atoms with Crippen molar-refractivity contribution >= 4 is 17.9 Å². The van der Waals surface area contributed by atoms with E-state index in [1.165, 1.54) is 6.08 Å². The fourth-order valence-electron chi connectivity index (χ4n) is 1.86. The standard InChI is InChI=1S/C20H18O2/c1-22-20-13-7-11-18(16-20)14-15-19(21)12-6-5-10-17-8-3-2-4-9-17/h2-16H,1H3/b10-5+,12-6+,15-14?. The number of ether oxygens (including phenoxy) is 1. The highest BCUT2D eigenvalue weighted by Gasteiger charge is 1.93. The summed E-state index contributed by atoms with van der Waals surface area (Å²) in [5.41, 5.74) is 2.03. The van der Waals surface area contributed by atoms with Crippen LogP contribution in [0.4, 0.5) is 0 Å². The normalized spacial score (nSPS) is 11.5. The molecule has 0 aliphatic rings. The molecule has 0 heterocycles. The van der Waals surface area contributed by atoms with Crippen molar-refractivity contribution < 1.29 is 9.53 Å². The van der Waals surface area contributed by atoms with Crippen LogP contribution in [-0.4, -0.2) is 12.9 Å². The summed E-state index contributed by atoms with van der Waals surface area (Å²) in [6, 6.07) is 17.5. The van der Waals surface area contributed by atoms with Gasteiger partial charge in [-0.25, -0.2) is 0 Å². The van der Waals surface area contributed by atoms with Gasteiger partial charge in [-0.2, -0.15) is 0 Å². The zero-order chi connectivity index (χ0) is 15.6. The van der Waals surface area contributed by atoms with E-state index in [1.54, 1.807) is 25.3 Å². The van der Waals surface area contributed by atoms with Gasteiger partial charge >= 0.3 is 0 Å². The van der Waals surface area contributed by atoms with E-state index in [4.69, 9.17) is 4.74 Å². The first kappa shape index (κ1) is 15.5. The van der Waals surface area contributed by atoms with Crippen LogP contribution in [0, 0.1) is 0 Å². The summed E-state index contributed by atoms with van der Waals surface area (Å²) in [6.45, 7) is 0. The molecule has 0 atom stereocenters. The van der Waals surface area contributed by atoms with Crippen LogP contribution >= 0.6 is 0 Å². The van der Waals surface area contributed by atoms with E-state index in [0.717, 1.165) is 16.9 Å². The van der Waals surface area contributed by atoms with E-state index in [2.05, 4.69) is 0 Å². The molecule has 0 N–H and O–H groups in total. The number of rotatable bonds is 6. The Morgan fingerprint density at radius 3 is 2.41 bits per heavy atom. The van der Waals surface area contributed by atoms with Crippen molar-refractivity contribution in [1.29, 1.82) is 0 Å². The average Bonchev–Trinajstić information content (AvgIpc) is 2.58. The van der Waals surface area contributed by atoms with Gasteiger partial charge in [0.15, 0.2) is 5.78 Å². The molecule has 0 aliphatic carbocycles. The summed E-state index contributed by atoms with van der Waals surface area (Å²) >= 11 is 0. The lowest BCUT2D eigenvalue weighted by molar-refractivity contribution is -0.110. The first-order valence-electron chi connectivity index (χ1n) is 7.04. The second-order valence-corrected chi connectivity index (χ2v) is 4.64. The smallest absolute Gasteiger partial charge is 0.178 e. The Morgan fingerprint density at radius 2 is 1.64 bits per heavy atom. The highest BCUT2D eigenvalue weighted by atomic mass is 16.5. The number of carbonyl (C=O) groups is 1. The zero-order valence-electron chi connectivity index (χ0n) is 12.5. The third-order valence-corrected chi connectivity index (χ3v) is 2.99. The molecule has 2 rings (SSSR count). The van der Waals surface area contributed by atoms with Gasteiger partial charge in [-0.15, -0.1) is 0 Å². The SMILES string of the molecule is COc1cccc(C=CC(=O)/C=C/C=C/c2ccccc2)c1. The lowest BCUT2D eigenvalue weighted by Crippen LogP contribution is -1.85. The lowest BCUT2D eigenvalue weighted by Gasteiger charge is -1.99. The van der Waals surface area contributed by atoms with Crippen LogP contribution in [0.2, 0.25) is 0 Å². The van der Waals surface area contributed by atoms with Crippen molar-refractivity contribution in [3.8, 4) is 5.75 Å². The molecule has 0 fully saturated rings. The molecule has 0 amide bonds. The van der Waals surface area contributed by atoms with Gasteiger partial charge in [0.05, 0.1) is 7.11 Å². The summed E-state index contributed by atoms with van der Waals surface area (Å²) in [4.78, 5) is 11.7. The second-order valence-electron chi connectivity index (χ2n) is 4.64. The fourth-order valence-corrected chi connectivity index (χ4v) is 1.86. The van der Waals surface area contributed by atoms with E-state index in [1.807, 2.05) is 66.7 Å². The molecule has 0 saturated carbocycles. The van der Waals surface area contributed by atoms with Crippen LogP contribution in [-0.2, 0) is 4.79 Å². The number of ketones is 1. The first-order valence-corrected chi connectivity index (χ1v) is 7.04. The molecular formula is C20H18O2. The topological polar surface area (TPSA) is 26.3 Å². The maximum atomic E-state index is 11.7. The molecule has 0 unspecified atom stereocenters. The zero-order valence-corrected chi connectivity index (χ0v) is 12.5. The highest BCUT2D eigenvalue weighted by Crippen LogP contribution is 2.13. The third kappa shape index (κ3) is 5.25. The van der Waals surface area contributed by atoms with Crippen molar-refractivity contribution in [3.05, 3.63) is 90.0 Å². The average molecular weight is 290 g/mol. The van der Waals surface area contributed by atoms with E-state index < -0.39 is 0 Å². The Labute approximate surface area is 131 Å². The minimum Gasteiger partial charge on any atom is -0.497 e. The predicted molar refractivity (Wildman–Crippen MR) is 91.7 cm³/mol. The first-order chi connectivity index (χ1) is 10.8. The van der Waals surface area contributed by atoms with Gasteiger partial charge in [0.1, 0.15) is 5.75 Å². The van der Waals surface area contributed by atoms with Gasteiger partial charge in [0.2, 0.25) is 0 Å². The molecule has 2 nitrogen and oxygen atoms in total. The Balaban J connectivity index is 1.90. The van der Waals surface area contributed by atoms with Crippen molar-refractivity contribution in [2.75, 3.05) is 7.11 Å². The molecule has 0 radical (unpaired) electrons. The molecule has 22 heavy (non-hydrogen) atoms. The van der Waals surface area contributed by atoms with E-state index in [9.17, 15) is 4.79 Å². The maximum absolute atomic E-state index is 11.7. The highest BCUT2D eigenvalue weighted by molar-refractivity contribution is 6.02. The van der Waals surface area contributed by atoms with Gasteiger partial charge in [-0.1, -0.05) is 66.8 Å². The van der Waals surface area contributed by atoms with Crippen molar-refractivity contribution in [2.24, 2.45) is 0 Å².